The predicted octanol–water partition coefficient (Wildman–Crippen LogP) is 4.33. The van der Waals surface area contributed by atoms with Gasteiger partial charge in [0.25, 0.3) is 0 Å². The van der Waals surface area contributed by atoms with Gasteiger partial charge in [-0.25, -0.2) is 13.8 Å². The molecule has 3 nitrogen and oxygen atoms in total. The van der Waals surface area contributed by atoms with Crippen LogP contribution in [-0.2, 0) is 4.74 Å². The third-order valence-corrected chi connectivity index (χ3v) is 2.74. The molecule has 2 aromatic rings. The molecule has 1 aromatic carbocycles. The Kier molecular flexibility index (Phi) is 4.04. The lowest BCUT2D eigenvalue weighted by atomic mass is 10.1. The van der Waals surface area contributed by atoms with Crippen LogP contribution in [0.15, 0.2) is 24.4 Å². The summed E-state index contributed by atoms with van der Waals surface area (Å²) in [6, 6.07) is 4.78. The SMILES string of the molecule is CCC#Cc1cc(F)c2c(ccn2C(=O)OC(C)(C)C)c1. The molecule has 1 aromatic heterocycles. The molecular weight excluding hydrogens is 269 g/mol. The molecule has 21 heavy (non-hydrogen) atoms. The fourth-order valence-corrected chi connectivity index (χ4v) is 1.96. The third kappa shape index (κ3) is 3.43. The van der Waals surface area contributed by atoms with Crippen molar-refractivity contribution in [3.05, 3.63) is 35.8 Å². The molecular formula is C17H18FNO2. The first-order valence-electron chi connectivity index (χ1n) is 6.84. The lowest BCUT2D eigenvalue weighted by molar-refractivity contribution is 0.0543. The van der Waals surface area contributed by atoms with Crippen molar-refractivity contribution in [1.29, 1.82) is 0 Å². The van der Waals surface area contributed by atoms with E-state index in [1.807, 2.05) is 6.92 Å². The van der Waals surface area contributed by atoms with Crippen molar-refractivity contribution in [2.45, 2.75) is 39.7 Å². The molecule has 0 saturated heterocycles. The zero-order chi connectivity index (χ0) is 15.6. The average Bonchev–Trinajstić information content (AvgIpc) is 2.78. The van der Waals surface area contributed by atoms with Crippen LogP contribution in [0.4, 0.5) is 9.18 Å². The van der Waals surface area contributed by atoms with Crippen molar-refractivity contribution in [3.8, 4) is 11.8 Å². The summed E-state index contributed by atoms with van der Waals surface area (Å²) in [5.74, 6) is 5.31. The zero-order valence-electron chi connectivity index (χ0n) is 12.7. The first-order chi connectivity index (χ1) is 9.81. The van der Waals surface area contributed by atoms with Crippen molar-refractivity contribution >= 4 is 17.0 Å². The number of hydrogen-bond acceptors (Lipinski definition) is 2. The number of hydrogen-bond donors (Lipinski definition) is 0. The quantitative estimate of drug-likeness (QED) is 0.675. The van der Waals surface area contributed by atoms with E-state index in [9.17, 15) is 9.18 Å². The molecule has 0 unspecified atom stereocenters. The van der Waals surface area contributed by atoms with Crippen LogP contribution in [-0.4, -0.2) is 16.3 Å². The number of carbonyl (C=O) groups is 1. The van der Waals surface area contributed by atoms with Crippen LogP contribution in [0.2, 0.25) is 0 Å². The first-order valence-corrected chi connectivity index (χ1v) is 6.84. The van der Waals surface area contributed by atoms with E-state index in [1.165, 1.54) is 16.8 Å². The summed E-state index contributed by atoms with van der Waals surface area (Å²) in [4.78, 5) is 12.1. The number of aromatic nitrogens is 1. The largest absolute Gasteiger partial charge is 0.443 e. The summed E-state index contributed by atoms with van der Waals surface area (Å²) < 4.78 is 20.7. The van der Waals surface area contributed by atoms with E-state index in [-0.39, 0.29) is 5.52 Å². The molecule has 2 rings (SSSR count). The minimum atomic E-state index is -0.628. The Hall–Kier alpha value is -2.28. The first kappa shape index (κ1) is 15.1. The molecule has 0 aliphatic heterocycles. The molecule has 0 amide bonds. The van der Waals surface area contributed by atoms with Crippen LogP contribution in [0.5, 0.6) is 0 Å². The van der Waals surface area contributed by atoms with Crippen LogP contribution >= 0.6 is 0 Å². The second kappa shape index (κ2) is 5.61. The fraction of sp³-hybridized carbons (Fsp3) is 0.353. The highest BCUT2D eigenvalue weighted by Gasteiger charge is 2.20. The summed E-state index contributed by atoms with van der Waals surface area (Å²) in [5.41, 5.74) is 0.187. The van der Waals surface area contributed by atoms with Crippen molar-refractivity contribution < 1.29 is 13.9 Å². The highest BCUT2D eigenvalue weighted by Crippen LogP contribution is 2.22. The molecule has 0 atom stereocenters. The topological polar surface area (TPSA) is 31.2 Å². The summed E-state index contributed by atoms with van der Waals surface area (Å²) in [6.07, 6.45) is 1.63. The monoisotopic (exact) mass is 287 g/mol. The maximum Gasteiger partial charge on any atom is 0.419 e. The summed E-state index contributed by atoms with van der Waals surface area (Å²) >= 11 is 0. The van der Waals surface area contributed by atoms with Crippen LogP contribution in [0.3, 0.4) is 0 Å². The molecule has 0 radical (unpaired) electrons. The lowest BCUT2D eigenvalue weighted by Gasteiger charge is -2.19. The van der Waals surface area contributed by atoms with Gasteiger partial charge in [0, 0.05) is 23.6 Å². The van der Waals surface area contributed by atoms with Gasteiger partial charge in [-0.15, -0.1) is 0 Å². The molecule has 0 bridgehead atoms. The molecule has 0 fully saturated rings. The Balaban J connectivity index is 2.47. The average molecular weight is 287 g/mol. The van der Waals surface area contributed by atoms with Crippen molar-refractivity contribution in [1.82, 2.24) is 4.57 Å². The Morgan fingerprint density at radius 2 is 2.10 bits per heavy atom. The number of carbonyl (C=O) groups excluding carboxylic acids is 1. The highest BCUT2D eigenvalue weighted by molar-refractivity contribution is 5.90. The van der Waals surface area contributed by atoms with Crippen molar-refractivity contribution in [2.75, 3.05) is 0 Å². The Labute approximate surface area is 123 Å². The van der Waals surface area contributed by atoms with E-state index >= 15 is 0 Å². The van der Waals surface area contributed by atoms with E-state index in [0.29, 0.717) is 17.4 Å². The van der Waals surface area contributed by atoms with E-state index in [1.54, 1.807) is 32.9 Å². The summed E-state index contributed by atoms with van der Waals surface area (Å²) in [7, 11) is 0. The molecule has 0 aliphatic rings. The van der Waals surface area contributed by atoms with Crippen LogP contribution < -0.4 is 0 Å². The number of rotatable bonds is 0. The van der Waals surface area contributed by atoms with Gasteiger partial charge in [0.2, 0.25) is 0 Å². The van der Waals surface area contributed by atoms with E-state index in [0.717, 1.165) is 0 Å². The zero-order valence-corrected chi connectivity index (χ0v) is 12.7. The Morgan fingerprint density at radius 3 is 2.71 bits per heavy atom. The second-order valence-electron chi connectivity index (χ2n) is 5.72. The van der Waals surface area contributed by atoms with Crippen LogP contribution in [0.1, 0.15) is 39.7 Å². The minimum Gasteiger partial charge on any atom is -0.443 e. The lowest BCUT2D eigenvalue weighted by Crippen LogP contribution is -2.26. The van der Waals surface area contributed by atoms with Gasteiger partial charge in [-0.2, -0.15) is 0 Å². The van der Waals surface area contributed by atoms with Gasteiger partial charge in [0.15, 0.2) is 0 Å². The number of benzene rings is 1. The van der Waals surface area contributed by atoms with Gasteiger partial charge in [0.05, 0.1) is 5.52 Å². The van der Waals surface area contributed by atoms with E-state index in [2.05, 4.69) is 11.8 Å². The molecule has 4 heteroatoms. The molecule has 0 aliphatic carbocycles. The summed E-state index contributed by atoms with van der Waals surface area (Å²) in [6.45, 7) is 7.24. The van der Waals surface area contributed by atoms with E-state index in [4.69, 9.17) is 4.74 Å². The molecule has 0 spiro atoms. The fourth-order valence-electron chi connectivity index (χ4n) is 1.96. The smallest absolute Gasteiger partial charge is 0.419 e. The summed E-state index contributed by atoms with van der Waals surface area (Å²) in [5, 5.41) is 0.626. The maximum atomic E-state index is 14.3. The Morgan fingerprint density at radius 1 is 1.38 bits per heavy atom. The Bertz CT molecular complexity index is 742. The van der Waals surface area contributed by atoms with Gasteiger partial charge >= 0.3 is 6.09 Å². The molecule has 0 saturated carbocycles. The normalized spacial score (nSPS) is 11.1. The number of fused-ring (bicyclic) bond motifs is 1. The van der Waals surface area contributed by atoms with Crippen molar-refractivity contribution in [2.24, 2.45) is 0 Å². The van der Waals surface area contributed by atoms with Crippen LogP contribution in [0, 0.1) is 17.7 Å². The second-order valence-corrected chi connectivity index (χ2v) is 5.72. The van der Waals surface area contributed by atoms with Gasteiger partial charge in [0.1, 0.15) is 11.4 Å². The van der Waals surface area contributed by atoms with E-state index < -0.39 is 17.5 Å². The molecule has 1 heterocycles. The number of nitrogens with zero attached hydrogens (tertiary/aromatic N) is 1. The number of halogens is 1. The minimum absolute atomic E-state index is 0.214. The van der Waals surface area contributed by atoms with Crippen LogP contribution in [0.25, 0.3) is 10.9 Å². The van der Waals surface area contributed by atoms with Gasteiger partial charge < -0.3 is 4.74 Å². The molecule has 0 N–H and O–H groups in total. The molecule has 110 valence electrons. The standard InChI is InChI=1S/C17H18FNO2/c1-5-6-7-12-10-13-8-9-19(15(13)14(18)11-12)16(20)21-17(2,3)4/h8-11H,5H2,1-4H3. The third-order valence-electron chi connectivity index (χ3n) is 2.74. The van der Waals surface area contributed by atoms with Crippen molar-refractivity contribution in [3.63, 3.8) is 0 Å². The number of ether oxygens (including phenoxy) is 1. The maximum absolute atomic E-state index is 14.3. The predicted molar refractivity (Wildman–Crippen MR) is 80.7 cm³/mol. The highest BCUT2D eigenvalue weighted by atomic mass is 19.1. The van der Waals surface area contributed by atoms with Gasteiger partial charge in [-0.1, -0.05) is 18.8 Å². The van der Waals surface area contributed by atoms with Gasteiger partial charge in [-0.05, 0) is 39.0 Å². The van der Waals surface area contributed by atoms with Gasteiger partial charge in [-0.3, -0.25) is 0 Å².